The summed E-state index contributed by atoms with van der Waals surface area (Å²) in [5.41, 5.74) is 1.85. The van der Waals surface area contributed by atoms with Crippen LogP contribution in [0.2, 0.25) is 0 Å². The number of hydrogen-bond acceptors (Lipinski definition) is 5. The summed E-state index contributed by atoms with van der Waals surface area (Å²) in [4.78, 5) is 18.6. The lowest BCUT2D eigenvalue weighted by Crippen LogP contribution is -2.36. The molecule has 0 spiro atoms. The van der Waals surface area contributed by atoms with E-state index < -0.39 is 0 Å². The Bertz CT molecular complexity index is 1070. The van der Waals surface area contributed by atoms with Crippen LogP contribution in [0.4, 0.5) is 5.82 Å². The first-order valence-electron chi connectivity index (χ1n) is 9.91. The highest BCUT2D eigenvalue weighted by Crippen LogP contribution is 2.17. The normalized spacial score (nSPS) is 10.4. The van der Waals surface area contributed by atoms with Crippen LogP contribution in [0.15, 0.2) is 72.8 Å². The summed E-state index contributed by atoms with van der Waals surface area (Å²) >= 11 is 0. The monoisotopic (exact) mass is 415 g/mol. The molecule has 0 bridgehead atoms. The van der Waals surface area contributed by atoms with E-state index in [1.54, 1.807) is 42.5 Å². The van der Waals surface area contributed by atoms with Gasteiger partial charge in [-0.15, -0.1) is 0 Å². The van der Waals surface area contributed by atoms with E-state index in [-0.39, 0.29) is 17.8 Å². The molecule has 1 heterocycles. The van der Waals surface area contributed by atoms with Crippen molar-refractivity contribution in [3.8, 4) is 5.75 Å². The van der Waals surface area contributed by atoms with Crippen LogP contribution in [-0.2, 0) is 6.61 Å². The third-order valence-corrected chi connectivity index (χ3v) is 4.53. The van der Waals surface area contributed by atoms with Gasteiger partial charge < -0.3 is 15.0 Å². The fourth-order valence-electron chi connectivity index (χ4n) is 2.90. The minimum atomic E-state index is -0.325. The molecule has 0 saturated carbocycles. The minimum Gasteiger partial charge on any atom is -0.489 e. The topological polar surface area (TPSA) is 102 Å². The summed E-state index contributed by atoms with van der Waals surface area (Å²) in [5.74, 6) is 0.696. The van der Waals surface area contributed by atoms with Gasteiger partial charge in [0.2, 0.25) is 0 Å². The number of amides is 1. The van der Waals surface area contributed by atoms with Gasteiger partial charge in [-0.25, -0.2) is 4.98 Å². The molecule has 0 aliphatic heterocycles. The molecule has 3 N–H and O–H groups in total. The standard InChI is InChI=1S/C24H25N5O2/c1-17(2)29(16-25)23(26)21-12-7-13-22(27-21)28-24(30)19-10-6-11-20(14-19)31-15-18-8-4-3-5-9-18/h3-14,16-17,25-26H,15H2,1-2H3,(H,27,28,30). The van der Waals surface area contributed by atoms with E-state index in [1.165, 1.54) is 4.90 Å². The molecule has 0 fully saturated rings. The van der Waals surface area contributed by atoms with E-state index in [0.29, 0.717) is 29.4 Å². The lowest BCUT2D eigenvalue weighted by Gasteiger charge is -2.23. The number of anilines is 1. The largest absolute Gasteiger partial charge is 0.489 e. The van der Waals surface area contributed by atoms with Gasteiger partial charge in [-0.05, 0) is 49.7 Å². The van der Waals surface area contributed by atoms with Crippen molar-refractivity contribution in [3.05, 3.63) is 89.6 Å². The van der Waals surface area contributed by atoms with Gasteiger partial charge in [-0.2, -0.15) is 0 Å². The fourth-order valence-corrected chi connectivity index (χ4v) is 2.90. The third kappa shape index (κ3) is 5.76. The zero-order chi connectivity index (χ0) is 22.2. The zero-order valence-corrected chi connectivity index (χ0v) is 17.5. The van der Waals surface area contributed by atoms with Crippen molar-refractivity contribution in [1.82, 2.24) is 9.88 Å². The number of nitrogens with one attached hydrogen (secondary N) is 3. The van der Waals surface area contributed by atoms with Gasteiger partial charge in [0.1, 0.15) is 23.9 Å². The van der Waals surface area contributed by atoms with Crippen LogP contribution in [0.3, 0.4) is 0 Å². The highest BCUT2D eigenvalue weighted by atomic mass is 16.5. The highest BCUT2D eigenvalue weighted by Gasteiger charge is 2.15. The van der Waals surface area contributed by atoms with Gasteiger partial charge in [0, 0.05) is 11.6 Å². The number of benzene rings is 2. The van der Waals surface area contributed by atoms with Crippen LogP contribution in [0.25, 0.3) is 0 Å². The molecule has 31 heavy (non-hydrogen) atoms. The summed E-state index contributed by atoms with van der Waals surface area (Å²) in [6.45, 7) is 4.19. The van der Waals surface area contributed by atoms with Crippen LogP contribution in [0.5, 0.6) is 5.75 Å². The predicted octanol–water partition coefficient (Wildman–Crippen LogP) is 4.56. The Hall–Kier alpha value is -4.00. The van der Waals surface area contributed by atoms with Gasteiger partial charge in [0.25, 0.3) is 5.91 Å². The molecule has 158 valence electrons. The van der Waals surface area contributed by atoms with Crippen molar-refractivity contribution in [1.29, 1.82) is 10.8 Å². The van der Waals surface area contributed by atoms with E-state index in [4.69, 9.17) is 15.6 Å². The van der Waals surface area contributed by atoms with Crippen molar-refractivity contribution < 1.29 is 9.53 Å². The van der Waals surface area contributed by atoms with Gasteiger partial charge >= 0.3 is 0 Å². The van der Waals surface area contributed by atoms with E-state index >= 15 is 0 Å². The molecule has 0 aliphatic rings. The minimum absolute atomic E-state index is 0.0522. The molecule has 7 heteroatoms. The second kappa shape index (κ2) is 10.2. The Morgan fingerprint density at radius 2 is 1.84 bits per heavy atom. The average Bonchev–Trinajstić information content (AvgIpc) is 2.79. The molecule has 1 amide bonds. The number of pyridine rings is 1. The van der Waals surface area contributed by atoms with Gasteiger partial charge in [-0.3, -0.25) is 15.6 Å². The van der Waals surface area contributed by atoms with Crippen LogP contribution >= 0.6 is 0 Å². The molecule has 0 unspecified atom stereocenters. The SMILES string of the molecule is CC(C)N(C=N)C(=N)c1cccc(NC(=O)c2cccc(OCc3ccccc3)c2)n1. The second-order valence-electron chi connectivity index (χ2n) is 7.14. The van der Waals surface area contributed by atoms with Crippen LogP contribution in [-0.4, -0.2) is 34.0 Å². The van der Waals surface area contributed by atoms with Crippen LogP contribution in [0, 0.1) is 10.8 Å². The molecule has 0 aliphatic carbocycles. The van der Waals surface area contributed by atoms with Gasteiger partial charge in [0.15, 0.2) is 5.84 Å². The number of hydrogen-bond donors (Lipinski definition) is 3. The quantitative estimate of drug-likeness (QED) is 0.371. The smallest absolute Gasteiger partial charge is 0.256 e. The van der Waals surface area contributed by atoms with Gasteiger partial charge in [-0.1, -0.05) is 42.5 Å². The van der Waals surface area contributed by atoms with Crippen molar-refractivity contribution in [2.45, 2.75) is 26.5 Å². The van der Waals surface area contributed by atoms with E-state index in [9.17, 15) is 4.79 Å². The molecule has 0 atom stereocenters. The second-order valence-corrected chi connectivity index (χ2v) is 7.14. The molecular weight excluding hydrogens is 390 g/mol. The Balaban J connectivity index is 1.69. The van der Waals surface area contributed by atoms with Gasteiger partial charge in [0.05, 0.1) is 6.34 Å². The van der Waals surface area contributed by atoms with Crippen molar-refractivity contribution in [3.63, 3.8) is 0 Å². The maximum Gasteiger partial charge on any atom is 0.256 e. The Morgan fingerprint density at radius 1 is 1.10 bits per heavy atom. The van der Waals surface area contributed by atoms with Crippen molar-refractivity contribution in [2.75, 3.05) is 5.32 Å². The van der Waals surface area contributed by atoms with E-state index in [1.807, 2.05) is 44.2 Å². The van der Waals surface area contributed by atoms with Crippen LogP contribution < -0.4 is 10.1 Å². The number of aromatic nitrogens is 1. The first kappa shape index (κ1) is 21.7. The molecular formula is C24H25N5O2. The Labute approximate surface area is 181 Å². The lowest BCUT2D eigenvalue weighted by atomic mass is 10.2. The van der Waals surface area contributed by atoms with E-state index in [2.05, 4.69) is 10.3 Å². The Morgan fingerprint density at radius 3 is 2.55 bits per heavy atom. The number of amidine groups is 1. The highest BCUT2D eigenvalue weighted by molar-refractivity contribution is 6.05. The summed E-state index contributed by atoms with van der Waals surface area (Å²) in [7, 11) is 0. The third-order valence-electron chi connectivity index (χ3n) is 4.53. The first-order chi connectivity index (χ1) is 15.0. The molecule has 2 aromatic carbocycles. The summed E-state index contributed by atoms with van der Waals surface area (Å²) in [5, 5.41) is 18.6. The maximum absolute atomic E-state index is 12.7. The van der Waals surface area contributed by atoms with Crippen molar-refractivity contribution in [2.24, 2.45) is 0 Å². The number of rotatable bonds is 8. The molecule has 7 nitrogen and oxygen atoms in total. The average molecular weight is 415 g/mol. The molecule has 1 aromatic heterocycles. The van der Waals surface area contributed by atoms with Crippen molar-refractivity contribution >= 4 is 23.9 Å². The lowest BCUT2D eigenvalue weighted by molar-refractivity contribution is 0.102. The summed E-state index contributed by atoms with van der Waals surface area (Å²) in [6.07, 6.45) is 1.10. The molecule has 3 aromatic rings. The zero-order valence-electron chi connectivity index (χ0n) is 17.5. The fraction of sp³-hybridized carbons (Fsp3) is 0.167. The number of carbonyl (C=O) groups excluding carboxylic acids is 1. The molecule has 3 rings (SSSR count). The molecule has 0 saturated heterocycles. The summed E-state index contributed by atoms with van der Waals surface area (Å²) in [6, 6.07) is 21.8. The van der Waals surface area contributed by atoms with E-state index in [0.717, 1.165) is 11.9 Å². The number of ether oxygens (including phenoxy) is 1. The predicted molar refractivity (Wildman–Crippen MR) is 122 cm³/mol. The van der Waals surface area contributed by atoms with Crippen LogP contribution in [0.1, 0.15) is 35.5 Å². The molecule has 0 radical (unpaired) electrons. The number of carbonyl (C=O) groups is 1. The summed E-state index contributed by atoms with van der Waals surface area (Å²) < 4.78 is 5.79. The maximum atomic E-state index is 12.7. The first-order valence-corrected chi connectivity index (χ1v) is 9.91. The Kier molecular flexibility index (Phi) is 7.11. The number of nitrogens with zero attached hydrogens (tertiary/aromatic N) is 2.